The second-order valence-corrected chi connectivity index (χ2v) is 8.91. The van der Waals surface area contributed by atoms with Crippen molar-refractivity contribution in [2.75, 3.05) is 0 Å². The molecule has 2 unspecified atom stereocenters. The molecule has 0 fully saturated rings. The maximum atomic E-state index is 13.9. The lowest BCUT2D eigenvalue weighted by Gasteiger charge is -2.16. The average molecular weight is 551 g/mol. The van der Waals surface area contributed by atoms with Crippen molar-refractivity contribution in [2.24, 2.45) is 15.0 Å². The summed E-state index contributed by atoms with van der Waals surface area (Å²) in [4.78, 5) is 84.8. The standard InChI is InChI=1S/C29H22N6O6/c1-19(31-17-37)22-7-4-10-25(13-22)34-27(39)33(24-9-3-6-21(12-24)15-30-16-36)28(40)35(29(34)41)26-11-5-8-23(14-26)20(2)32-18-38/h3-14,19-20H,15H2,1-2H3. The first-order chi connectivity index (χ1) is 19.8. The number of nitrogens with zero attached hydrogens (tertiary/aromatic N) is 6. The summed E-state index contributed by atoms with van der Waals surface area (Å²) in [5, 5.41) is 0. The molecule has 0 aliphatic rings. The zero-order valence-electron chi connectivity index (χ0n) is 21.9. The van der Waals surface area contributed by atoms with E-state index in [4.69, 9.17) is 0 Å². The molecule has 4 rings (SSSR count). The zero-order chi connectivity index (χ0) is 29.5. The van der Waals surface area contributed by atoms with Gasteiger partial charge < -0.3 is 0 Å². The summed E-state index contributed by atoms with van der Waals surface area (Å²) < 4.78 is 2.49. The Kier molecular flexibility index (Phi) is 8.52. The van der Waals surface area contributed by atoms with E-state index in [-0.39, 0.29) is 23.6 Å². The number of aromatic nitrogens is 3. The predicted molar refractivity (Wildman–Crippen MR) is 148 cm³/mol. The van der Waals surface area contributed by atoms with Crippen molar-refractivity contribution in [3.05, 3.63) is 121 Å². The number of isocyanates is 3. The van der Waals surface area contributed by atoms with E-state index >= 15 is 0 Å². The molecule has 0 spiro atoms. The van der Waals surface area contributed by atoms with Gasteiger partial charge in [0.2, 0.25) is 18.2 Å². The molecule has 4 aromatic rings. The Morgan fingerprint density at radius 1 is 0.610 bits per heavy atom. The first-order valence-electron chi connectivity index (χ1n) is 12.3. The summed E-state index contributed by atoms with van der Waals surface area (Å²) in [7, 11) is 0. The van der Waals surface area contributed by atoms with Gasteiger partial charge in [0.1, 0.15) is 0 Å². The highest BCUT2D eigenvalue weighted by molar-refractivity contribution is 5.44. The topological polar surface area (TPSA) is 154 Å². The Balaban J connectivity index is 2.09. The summed E-state index contributed by atoms with van der Waals surface area (Å²) in [6.07, 6.45) is 4.43. The van der Waals surface area contributed by atoms with Crippen LogP contribution in [0.5, 0.6) is 0 Å². The van der Waals surface area contributed by atoms with Crippen molar-refractivity contribution < 1.29 is 14.4 Å². The Morgan fingerprint density at radius 2 is 1.02 bits per heavy atom. The van der Waals surface area contributed by atoms with Gasteiger partial charge in [-0.3, -0.25) is 0 Å². The van der Waals surface area contributed by atoms with E-state index in [0.717, 1.165) is 13.7 Å². The minimum Gasteiger partial charge on any atom is -0.246 e. The number of rotatable bonds is 9. The van der Waals surface area contributed by atoms with Gasteiger partial charge in [-0.05, 0) is 66.9 Å². The van der Waals surface area contributed by atoms with Gasteiger partial charge in [0.05, 0.1) is 35.7 Å². The van der Waals surface area contributed by atoms with Gasteiger partial charge in [0.25, 0.3) is 0 Å². The van der Waals surface area contributed by atoms with E-state index in [9.17, 15) is 28.8 Å². The van der Waals surface area contributed by atoms with Crippen LogP contribution in [0, 0.1) is 0 Å². The van der Waals surface area contributed by atoms with Crippen LogP contribution in [-0.4, -0.2) is 31.9 Å². The molecule has 12 nitrogen and oxygen atoms in total. The van der Waals surface area contributed by atoms with Crippen LogP contribution in [0.25, 0.3) is 17.1 Å². The largest absolute Gasteiger partial charge is 0.345 e. The molecule has 0 amide bonds. The molecule has 0 radical (unpaired) electrons. The van der Waals surface area contributed by atoms with Crippen molar-refractivity contribution in [1.82, 2.24) is 13.7 Å². The third-order valence-corrected chi connectivity index (χ3v) is 6.36. The third-order valence-electron chi connectivity index (χ3n) is 6.36. The van der Waals surface area contributed by atoms with E-state index in [1.807, 2.05) is 0 Å². The minimum absolute atomic E-state index is 0.0334. The van der Waals surface area contributed by atoms with Crippen LogP contribution in [0.1, 0.15) is 42.6 Å². The van der Waals surface area contributed by atoms with Crippen molar-refractivity contribution >= 4 is 18.2 Å². The van der Waals surface area contributed by atoms with Crippen LogP contribution in [-0.2, 0) is 20.9 Å². The van der Waals surface area contributed by atoms with Crippen LogP contribution in [0.3, 0.4) is 0 Å². The van der Waals surface area contributed by atoms with Crippen molar-refractivity contribution in [1.29, 1.82) is 0 Å². The highest BCUT2D eigenvalue weighted by atomic mass is 16.2. The quantitative estimate of drug-likeness (QED) is 0.231. The molecule has 2 atom stereocenters. The second-order valence-electron chi connectivity index (χ2n) is 8.91. The number of benzene rings is 3. The number of hydrogen-bond acceptors (Lipinski definition) is 9. The fourth-order valence-corrected chi connectivity index (χ4v) is 4.28. The molecule has 41 heavy (non-hydrogen) atoms. The molecular weight excluding hydrogens is 528 g/mol. The van der Waals surface area contributed by atoms with E-state index in [2.05, 4.69) is 15.0 Å². The Bertz CT molecular complexity index is 1850. The van der Waals surface area contributed by atoms with Crippen molar-refractivity contribution in [3.63, 3.8) is 0 Å². The van der Waals surface area contributed by atoms with Crippen LogP contribution in [0.15, 0.2) is 102 Å². The lowest BCUT2D eigenvalue weighted by atomic mass is 10.1. The van der Waals surface area contributed by atoms with Gasteiger partial charge in [-0.25, -0.2) is 47.5 Å². The smallest absolute Gasteiger partial charge is 0.246 e. The SMILES string of the molecule is CC(N=C=O)c1cccc(-n2c(=O)n(-c3cccc(CN=C=O)c3)c(=O)n(-c3cccc(C(C)N=C=O)c3)c2=O)c1. The lowest BCUT2D eigenvalue weighted by Crippen LogP contribution is -2.52. The predicted octanol–water partition coefficient (Wildman–Crippen LogP) is 2.77. The molecule has 3 aromatic carbocycles. The molecule has 204 valence electrons. The maximum Gasteiger partial charge on any atom is 0.345 e. The zero-order valence-corrected chi connectivity index (χ0v) is 21.9. The monoisotopic (exact) mass is 550 g/mol. The number of hydrogen-bond donors (Lipinski definition) is 0. The molecule has 12 heteroatoms. The lowest BCUT2D eigenvalue weighted by molar-refractivity contribution is 0.559. The third kappa shape index (κ3) is 5.80. The Labute approximate surface area is 231 Å². The van der Waals surface area contributed by atoms with Crippen LogP contribution >= 0.6 is 0 Å². The summed E-state index contributed by atoms with van der Waals surface area (Å²) >= 11 is 0. The van der Waals surface area contributed by atoms with Crippen LogP contribution in [0.4, 0.5) is 0 Å². The highest BCUT2D eigenvalue weighted by Gasteiger charge is 2.21. The summed E-state index contributed by atoms with van der Waals surface area (Å²) in [6.45, 7) is 3.26. The first kappa shape index (κ1) is 28.2. The van der Waals surface area contributed by atoms with E-state index in [0.29, 0.717) is 16.7 Å². The number of carbonyl (C=O) groups excluding carboxylic acids is 3. The molecule has 0 bridgehead atoms. The Hall–Kier alpha value is -5.79. The van der Waals surface area contributed by atoms with Gasteiger partial charge >= 0.3 is 17.1 Å². The highest BCUT2D eigenvalue weighted by Crippen LogP contribution is 2.20. The Morgan fingerprint density at radius 3 is 1.44 bits per heavy atom. The molecule has 0 aliphatic heterocycles. The van der Waals surface area contributed by atoms with Crippen LogP contribution < -0.4 is 17.1 Å². The maximum absolute atomic E-state index is 13.9. The molecule has 1 aromatic heterocycles. The van der Waals surface area contributed by atoms with E-state index in [1.165, 1.54) is 54.6 Å². The van der Waals surface area contributed by atoms with Crippen LogP contribution in [0.2, 0.25) is 0 Å². The van der Waals surface area contributed by atoms with Gasteiger partial charge in [-0.1, -0.05) is 36.4 Å². The van der Waals surface area contributed by atoms with Crippen molar-refractivity contribution in [2.45, 2.75) is 32.5 Å². The summed E-state index contributed by atoms with van der Waals surface area (Å²) in [5.74, 6) is 0. The van der Waals surface area contributed by atoms with Crippen molar-refractivity contribution in [3.8, 4) is 17.1 Å². The average Bonchev–Trinajstić information content (AvgIpc) is 2.97. The van der Waals surface area contributed by atoms with Gasteiger partial charge in [0.15, 0.2) is 0 Å². The first-order valence-corrected chi connectivity index (χ1v) is 12.3. The fourth-order valence-electron chi connectivity index (χ4n) is 4.28. The normalized spacial score (nSPS) is 11.9. The van der Waals surface area contributed by atoms with Gasteiger partial charge in [-0.15, -0.1) is 0 Å². The molecule has 0 N–H and O–H groups in total. The molecule has 0 saturated carbocycles. The van der Waals surface area contributed by atoms with Gasteiger partial charge in [-0.2, -0.15) is 9.98 Å². The second kappa shape index (κ2) is 12.4. The summed E-state index contributed by atoms with van der Waals surface area (Å²) in [6, 6.07) is 17.6. The molecule has 0 saturated heterocycles. The van der Waals surface area contributed by atoms with E-state index in [1.54, 1.807) is 50.2 Å². The summed E-state index contributed by atoms with van der Waals surface area (Å²) in [5.41, 5.74) is -0.898. The van der Waals surface area contributed by atoms with Gasteiger partial charge in [0, 0.05) is 0 Å². The number of aliphatic imine (C=N–C) groups is 3. The molecule has 1 heterocycles. The molecule has 0 aliphatic carbocycles. The minimum atomic E-state index is -0.953. The fraction of sp³-hybridized carbons (Fsp3) is 0.172. The van der Waals surface area contributed by atoms with E-state index < -0.39 is 29.2 Å². The molecular formula is C29H22N6O6.